The Hall–Kier alpha value is -2.60. The fourth-order valence-corrected chi connectivity index (χ4v) is 3.49. The number of rotatable bonds is 7. The van der Waals surface area contributed by atoms with Crippen LogP contribution in [0.25, 0.3) is 0 Å². The van der Waals surface area contributed by atoms with E-state index in [1.54, 1.807) is 6.26 Å². The lowest BCUT2D eigenvalue weighted by Crippen LogP contribution is -2.40. The van der Waals surface area contributed by atoms with Crippen molar-refractivity contribution < 1.29 is 14.0 Å². The minimum absolute atomic E-state index is 0.0177. The number of furan rings is 1. The number of likely N-dealkylation sites (tertiary alicyclic amines) is 1. The van der Waals surface area contributed by atoms with E-state index in [0.29, 0.717) is 13.0 Å². The molecule has 1 aliphatic rings. The normalized spacial score (nSPS) is 15.9. The molecule has 0 spiro atoms. The van der Waals surface area contributed by atoms with E-state index in [1.165, 1.54) is 26.2 Å². The van der Waals surface area contributed by atoms with Gasteiger partial charge in [0, 0.05) is 19.2 Å². The molecule has 3 rings (SSSR count). The fourth-order valence-electron chi connectivity index (χ4n) is 3.49. The van der Waals surface area contributed by atoms with Crippen molar-refractivity contribution in [3.8, 4) is 0 Å². The van der Waals surface area contributed by atoms with Crippen molar-refractivity contribution >= 4 is 17.5 Å². The molecule has 1 aliphatic heterocycles. The van der Waals surface area contributed by atoms with Crippen molar-refractivity contribution in [1.29, 1.82) is 0 Å². The summed E-state index contributed by atoms with van der Waals surface area (Å²) in [4.78, 5) is 25.9. The van der Waals surface area contributed by atoms with Gasteiger partial charge in [0.2, 0.25) is 11.8 Å². The van der Waals surface area contributed by atoms with Crippen molar-refractivity contribution in [3.63, 3.8) is 0 Å². The Morgan fingerprint density at radius 2 is 1.85 bits per heavy atom. The Kier molecular flexibility index (Phi) is 6.65. The molecule has 1 aromatic carbocycles. The first kappa shape index (κ1) is 19.2. The van der Waals surface area contributed by atoms with Crippen molar-refractivity contribution in [2.75, 3.05) is 25.0 Å². The van der Waals surface area contributed by atoms with Crippen LogP contribution in [0.15, 0.2) is 47.1 Å². The van der Waals surface area contributed by atoms with Gasteiger partial charge >= 0.3 is 0 Å². The Morgan fingerprint density at radius 3 is 2.48 bits per heavy atom. The van der Waals surface area contributed by atoms with Crippen LogP contribution < -0.4 is 10.6 Å². The van der Waals surface area contributed by atoms with Crippen LogP contribution in [0.1, 0.15) is 43.6 Å². The molecule has 144 valence electrons. The van der Waals surface area contributed by atoms with Gasteiger partial charge in [-0.25, -0.2) is 0 Å². The van der Waals surface area contributed by atoms with Crippen LogP contribution in [0.4, 0.5) is 5.69 Å². The van der Waals surface area contributed by atoms with E-state index in [9.17, 15) is 9.59 Å². The SMILES string of the molecule is CC(=O)Nc1ccc(CC(=O)NCC(c2ccco2)N2CCCCC2)cc1. The quantitative estimate of drug-likeness (QED) is 0.786. The summed E-state index contributed by atoms with van der Waals surface area (Å²) < 4.78 is 5.62. The van der Waals surface area contributed by atoms with Gasteiger partial charge in [0.15, 0.2) is 0 Å². The van der Waals surface area contributed by atoms with Crippen LogP contribution in [0.5, 0.6) is 0 Å². The van der Waals surface area contributed by atoms with E-state index < -0.39 is 0 Å². The second-order valence-corrected chi connectivity index (χ2v) is 6.99. The van der Waals surface area contributed by atoms with Crippen LogP contribution in [-0.4, -0.2) is 36.3 Å². The second-order valence-electron chi connectivity index (χ2n) is 6.99. The second kappa shape index (κ2) is 9.37. The summed E-state index contributed by atoms with van der Waals surface area (Å²) in [6.45, 7) is 4.08. The molecule has 6 nitrogen and oxygen atoms in total. The largest absolute Gasteiger partial charge is 0.468 e. The molecule has 1 atom stereocenters. The van der Waals surface area contributed by atoms with E-state index >= 15 is 0 Å². The van der Waals surface area contributed by atoms with Crippen molar-refractivity contribution in [1.82, 2.24) is 10.2 Å². The number of amides is 2. The van der Waals surface area contributed by atoms with Gasteiger partial charge in [-0.15, -0.1) is 0 Å². The van der Waals surface area contributed by atoms with E-state index in [-0.39, 0.29) is 17.9 Å². The maximum absolute atomic E-state index is 12.4. The predicted molar refractivity (Wildman–Crippen MR) is 104 cm³/mol. The zero-order valence-corrected chi connectivity index (χ0v) is 15.7. The first-order valence-electron chi connectivity index (χ1n) is 9.52. The maximum Gasteiger partial charge on any atom is 0.224 e. The summed E-state index contributed by atoms with van der Waals surface area (Å²) in [7, 11) is 0. The number of piperidine rings is 1. The average molecular weight is 369 g/mol. The molecule has 0 aliphatic carbocycles. The first-order chi connectivity index (χ1) is 13.1. The minimum atomic E-state index is -0.109. The molecule has 0 radical (unpaired) electrons. The van der Waals surface area contributed by atoms with Crippen molar-refractivity contribution in [3.05, 3.63) is 54.0 Å². The lowest BCUT2D eigenvalue weighted by atomic mass is 10.1. The molecule has 2 N–H and O–H groups in total. The molecule has 1 saturated heterocycles. The van der Waals surface area contributed by atoms with Crippen molar-refractivity contribution in [2.45, 2.75) is 38.6 Å². The van der Waals surface area contributed by atoms with E-state index in [2.05, 4.69) is 15.5 Å². The number of anilines is 1. The van der Waals surface area contributed by atoms with Gasteiger partial charge < -0.3 is 15.1 Å². The number of carbonyl (C=O) groups excluding carboxylic acids is 2. The molecule has 1 unspecified atom stereocenters. The summed E-state index contributed by atoms with van der Waals surface area (Å²) in [6, 6.07) is 11.3. The topological polar surface area (TPSA) is 74.6 Å². The molecule has 2 amide bonds. The smallest absolute Gasteiger partial charge is 0.224 e. The van der Waals surface area contributed by atoms with Crippen molar-refractivity contribution in [2.24, 2.45) is 0 Å². The van der Waals surface area contributed by atoms with E-state index in [1.807, 2.05) is 36.4 Å². The molecule has 0 bridgehead atoms. The Labute approximate surface area is 159 Å². The van der Waals surface area contributed by atoms with Gasteiger partial charge in [-0.1, -0.05) is 18.6 Å². The van der Waals surface area contributed by atoms with Crippen LogP contribution in [0.2, 0.25) is 0 Å². The standard InChI is InChI=1S/C21H27N3O3/c1-16(25)23-18-9-7-17(8-10-18)14-21(26)22-15-19(20-6-5-13-27-20)24-11-3-2-4-12-24/h5-10,13,19H,2-4,11-12,14-15H2,1H3,(H,22,26)(H,23,25). The number of carbonyl (C=O) groups is 2. The van der Waals surface area contributed by atoms with Gasteiger partial charge in [0.05, 0.1) is 18.7 Å². The number of hydrogen-bond donors (Lipinski definition) is 2. The minimum Gasteiger partial charge on any atom is -0.468 e. The number of nitrogens with one attached hydrogen (secondary N) is 2. The highest BCUT2D eigenvalue weighted by Gasteiger charge is 2.24. The predicted octanol–water partition coefficient (Wildman–Crippen LogP) is 3.12. The molecule has 2 heterocycles. The monoisotopic (exact) mass is 369 g/mol. The number of hydrogen-bond acceptors (Lipinski definition) is 4. The van der Waals surface area contributed by atoms with E-state index in [0.717, 1.165) is 30.1 Å². The Morgan fingerprint density at radius 1 is 1.11 bits per heavy atom. The lowest BCUT2D eigenvalue weighted by molar-refractivity contribution is -0.120. The first-order valence-corrected chi connectivity index (χ1v) is 9.52. The van der Waals surface area contributed by atoms with Gasteiger partial charge in [-0.3, -0.25) is 14.5 Å². The molecule has 0 saturated carbocycles. The zero-order chi connectivity index (χ0) is 19.1. The molecule has 6 heteroatoms. The summed E-state index contributed by atoms with van der Waals surface area (Å²) >= 11 is 0. The summed E-state index contributed by atoms with van der Waals surface area (Å²) in [5, 5.41) is 5.78. The van der Waals surface area contributed by atoms with Gasteiger partial charge in [0.1, 0.15) is 5.76 Å². The summed E-state index contributed by atoms with van der Waals surface area (Å²) in [6.07, 6.45) is 5.63. The van der Waals surface area contributed by atoms with Crippen LogP contribution in [0.3, 0.4) is 0 Å². The Bertz CT molecular complexity index is 735. The third-order valence-electron chi connectivity index (χ3n) is 4.83. The van der Waals surface area contributed by atoms with E-state index in [4.69, 9.17) is 4.42 Å². The molecular weight excluding hydrogens is 342 g/mol. The van der Waals surface area contributed by atoms with Gasteiger partial charge in [-0.05, 0) is 55.8 Å². The van der Waals surface area contributed by atoms with Gasteiger partial charge in [-0.2, -0.15) is 0 Å². The van der Waals surface area contributed by atoms with Crippen LogP contribution in [-0.2, 0) is 16.0 Å². The molecule has 1 fully saturated rings. The number of benzene rings is 1. The third-order valence-corrected chi connectivity index (χ3v) is 4.83. The number of nitrogens with zero attached hydrogens (tertiary/aromatic N) is 1. The molecule has 2 aromatic rings. The highest BCUT2D eigenvalue weighted by Crippen LogP contribution is 2.24. The summed E-state index contributed by atoms with van der Waals surface area (Å²) in [5.74, 6) is 0.773. The zero-order valence-electron chi connectivity index (χ0n) is 15.7. The highest BCUT2D eigenvalue weighted by molar-refractivity contribution is 5.88. The third kappa shape index (κ3) is 5.69. The summed E-state index contributed by atoms with van der Waals surface area (Å²) in [5.41, 5.74) is 1.64. The molecule has 1 aromatic heterocycles. The fraction of sp³-hybridized carbons (Fsp3) is 0.429. The lowest BCUT2D eigenvalue weighted by Gasteiger charge is -2.33. The molecular formula is C21H27N3O3. The van der Waals surface area contributed by atoms with Crippen LogP contribution in [0, 0.1) is 0 Å². The average Bonchev–Trinajstić information content (AvgIpc) is 3.18. The highest BCUT2D eigenvalue weighted by atomic mass is 16.3. The maximum atomic E-state index is 12.4. The Balaban J connectivity index is 1.55. The van der Waals surface area contributed by atoms with Gasteiger partial charge in [0.25, 0.3) is 0 Å². The molecule has 27 heavy (non-hydrogen) atoms. The van der Waals surface area contributed by atoms with Crippen LogP contribution >= 0.6 is 0 Å².